The van der Waals surface area contributed by atoms with Crippen LogP contribution in [0.3, 0.4) is 0 Å². The Morgan fingerprint density at radius 1 is 1.44 bits per heavy atom. The number of aromatic amines is 1. The molecule has 1 aliphatic rings. The summed E-state index contributed by atoms with van der Waals surface area (Å²) in [6, 6.07) is 4.79. The lowest BCUT2D eigenvalue weighted by Gasteiger charge is -2.38. The van der Waals surface area contributed by atoms with Crippen molar-refractivity contribution < 1.29 is 14.3 Å². The predicted molar refractivity (Wildman–Crippen MR) is 102 cm³/mol. The van der Waals surface area contributed by atoms with Gasteiger partial charge in [-0.3, -0.25) is 9.69 Å². The predicted octanol–water partition coefficient (Wildman–Crippen LogP) is 3.01. The summed E-state index contributed by atoms with van der Waals surface area (Å²) in [6.45, 7) is 5.05. The maximum Gasteiger partial charge on any atom is 0.407 e. The van der Waals surface area contributed by atoms with Crippen LogP contribution in [-0.2, 0) is 9.53 Å². The summed E-state index contributed by atoms with van der Waals surface area (Å²) in [5.41, 5.74) is 2.33. The molecule has 7 nitrogen and oxygen atoms in total. The molecule has 0 bridgehead atoms. The van der Waals surface area contributed by atoms with Gasteiger partial charge in [-0.15, -0.1) is 6.42 Å². The van der Waals surface area contributed by atoms with Crippen LogP contribution in [0.1, 0.15) is 38.8 Å². The summed E-state index contributed by atoms with van der Waals surface area (Å²) in [4.78, 5) is 33.3. The first-order valence-electron chi connectivity index (χ1n) is 8.77. The van der Waals surface area contributed by atoms with Gasteiger partial charge < -0.3 is 15.0 Å². The lowest BCUT2D eigenvalue weighted by molar-refractivity contribution is -0.116. The van der Waals surface area contributed by atoms with Crippen LogP contribution in [0, 0.1) is 12.3 Å². The summed E-state index contributed by atoms with van der Waals surface area (Å²) in [5.74, 6) is 3.22. The van der Waals surface area contributed by atoms with Crippen molar-refractivity contribution in [2.24, 2.45) is 0 Å². The van der Waals surface area contributed by atoms with Gasteiger partial charge in [0.05, 0.1) is 23.9 Å². The van der Waals surface area contributed by atoms with Gasteiger partial charge in [-0.05, 0) is 37.6 Å². The van der Waals surface area contributed by atoms with Crippen molar-refractivity contribution in [3.8, 4) is 23.7 Å². The van der Waals surface area contributed by atoms with Crippen LogP contribution in [0.4, 0.5) is 10.5 Å². The molecule has 0 radical (unpaired) electrons. The fourth-order valence-electron chi connectivity index (χ4n) is 3.31. The van der Waals surface area contributed by atoms with Gasteiger partial charge in [-0.25, -0.2) is 9.78 Å². The van der Waals surface area contributed by atoms with E-state index >= 15 is 0 Å². The second-order valence-corrected chi connectivity index (χ2v) is 6.67. The highest BCUT2D eigenvalue weighted by molar-refractivity contribution is 5.95. The molecule has 0 saturated carbocycles. The quantitative estimate of drug-likeness (QED) is 0.818. The summed E-state index contributed by atoms with van der Waals surface area (Å²) < 4.78 is 5.21. The minimum absolute atomic E-state index is 0.145. The zero-order valence-corrected chi connectivity index (χ0v) is 15.5. The third kappa shape index (κ3) is 3.80. The Balaban J connectivity index is 2.04. The average Bonchev–Trinajstić information content (AvgIpc) is 3.14. The van der Waals surface area contributed by atoms with Crippen LogP contribution in [0.25, 0.3) is 11.4 Å². The lowest BCUT2D eigenvalue weighted by atomic mass is 9.89. The van der Waals surface area contributed by atoms with Crippen molar-refractivity contribution in [2.75, 3.05) is 4.90 Å². The maximum absolute atomic E-state index is 12.2. The summed E-state index contributed by atoms with van der Waals surface area (Å²) in [5, 5.41) is 2.88. The number of terminal acetylenes is 1. The van der Waals surface area contributed by atoms with Crippen molar-refractivity contribution in [3.63, 3.8) is 0 Å². The number of hydrogen-bond donors (Lipinski definition) is 2. The molecule has 0 spiro atoms. The maximum atomic E-state index is 12.2. The number of ether oxygens (including phenoxy) is 1. The number of amides is 2. The van der Waals surface area contributed by atoms with E-state index in [-0.39, 0.29) is 18.1 Å². The highest BCUT2D eigenvalue weighted by Crippen LogP contribution is 2.39. The lowest BCUT2D eigenvalue weighted by Crippen LogP contribution is -2.46. The van der Waals surface area contributed by atoms with Crippen LogP contribution in [0.2, 0.25) is 0 Å². The van der Waals surface area contributed by atoms with Crippen molar-refractivity contribution in [3.05, 3.63) is 36.2 Å². The number of hydrogen-bond acceptors (Lipinski definition) is 4. The molecule has 0 aliphatic carbocycles. The van der Waals surface area contributed by atoms with Crippen molar-refractivity contribution in [2.45, 2.75) is 45.4 Å². The minimum atomic E-state index is -0.517. The molecule has 2 amide bonds. The number of nitrogens with zero attached hydrogens (tertiary/aromatic N) is 2. The van der Waals surface area contributed by atoms with Gasteiger partial charge in [0.25, 0.3) is 0 Å². The molecule has 2 unspecified atom stereocenters. The van der Waals surface area contributed by atoms with Crippen LogP contribution >= 0.6 is 0 Å². The number of H-pyrrole nitrogens is 1. The van der Waals surface area contributed by atoms with E-state index in [4.69, 9.17) is 11.2 Å². The third-order valence-electron chi connectivity index (χ3n) is 4.37. The first-order chi connectivity index (χ1) is 12.9. The van der Waals surface area contributed by atoms with Crippen molar-refractivity contribution >= 4 is 17.7 Å². The van der Waals surface area contributed by atoms with Gasteiger partial charge in [0.1, 0.15) is 5.82 Å². The standard InChI is InChI=1S/C20H22N4O3/c1-5-15-11-17(23-20(26)27-12(2)3)16-10-14(19-21-8-9-22-19)6-7-18(16)24(15)13(4)25/h1,6-10,12,15,17H,11H2,2-4H3,(H,21,22)(H,23,26). The number of aromatic nitrogens is 2. The molecule has 2 aromatic rings. The first kappa shape index (κ1) is 18.5. The molecule has 3 rings (SSSR count). The Morgan fingerprint density at radius 3 is 2.81 bits per heavy atom. The molecule has 1 aromatic carbocycles. The van der Waals surface area contributed by atoms with Crippen LogP contribution < -0.4 is 10.2 Å². The van der Waals surface area contributed by atoms with Crippen molar-refractivity contribution in [1.82, 2.24) is 15.3 Å². The van der Waals surface area contributed by atoms with Crippen LogP contribution in [0.5, 0.6) is 0 Å². The molecule has 2 heterocycles. The molecule has 1 aromatic heterocycles. The minimum Gasteiger partial charge on any atom is -0.447 e. The number of alkyl carbamates (subject to hydrolysis) is 1. The molecular formula is C20H22N4O3. The summed E-state index contributed by atoms with van der Waals surface area (Å²) >= 11 is 0. The van der Waals surface area contributed by atoms with E-state index in [1.54, 1.807) is 31.1 Å². The number of anilines is 1. The largest absolute Gasteiger partial charge is 0.447 e. The second-order valence-electron chi connectivity index (χ2n) is 6.67. The molecule has 0 saturated heterocycles. The molecule has 1 aliphatic heterocycles. The van der Waals surface area contributed by atoms with E-state index in [0.29, 0.717) is 17.9 Å². The fourth-order valence-corrected chi connectivity index (χ4v) is 3.31. The normalized spacial score (nSPS) is 18.6. The van der Waals surface area contributed by atoms with Gasteiger partial charge in [0.2, 0.25) is 5.91 Å². The van der Waals surface area contributed by atoms with Gasteiger partial charge in [0.15, 0.2) is 0 Å². The van der Waals surface area contributed by atoms with Gasteiger partial charge in [-0.2, -0.15) is 0 Å². The average molecular weight is 366 g/mol. The SMILES string of the molecule is C#CC1CC(NC(=O)OC(C)C)c2cc(-c3ncc[nH]3)ccc2N1C(C)=O. The number of rotatable bonds is 3. The Morgan fingerprint density at radius 2 is 2.22 bits per heavy atom. The van der Waals surface area contributed by atoms with E-state index in [9.17, 15) is 9.59 Å². The molecule has 0 fully saturated rings. The van der Waals surface area contributed by atoms with E-state index in [2.05, 4.69) is 21.2 Å². The zero-order chi connectivity index (χ0) is 19.6. The number of fused-ring (bicyclic) bond motifs is 1. The van der Waals surface area contributed by atoms with Gasteiger partial charge in [-0.1, -0.05) is 5.92 Å². The number of imidazole rings is 1. The second kappa shape index (κ2) is 7.54. The highest BCUT2D eigenvalue weighted by atomic mass is 16.6. The zero-order valence-electron chi connectivity index (χ0n) is 15.5. The van der Waals surface area contributed by atoms with E-state index < -0.39 is 12.1 Å². The Labute approximate surface area is 158 Å². The molecule has 2 atom stereocenters. The topological polar surface area (TPSA) is 87.3 Å². The Kier molecular flexibility index (Phi) is 5.17. The van der Waals surface area contributed by atoms with Gasteiger partial charge in [0, 0.05) is 31.3 Å². The number of nitrogens with one attached hydrogen (secondary N) is 2. The fraction of sp³-hybridized carbons (Fsp3) is 0.350. The van der Waals surface area contributed by atoms with Gasteiger partial charge >= 0.3 is 6.09 Å². The van der Waals surface area contributed by atoms with E-state index in [1.165, 1.54) is 6.92 Å². The van der Waals surface area contributed by atoms with Crippen LogP contribution in [0.15, 0.2) is 30.6 Å². The highest BCUT2D eigenvalue weighted by Gasteiger charge is 2.35. The van der Waals surface area contributed by atoms with Crippen molar-refractivity contribution in [1.29, 1.82) is 0 Å². The van der Waals surface area contributed by atoms with Crippen LogP contribution in [-0.4, -0.2) is 34.1 Å². The first-order valence-corrected chi connectivity index (χ1v) is 8.77. The molecule has 140 valence electrons. The number of benzene rings is 1. The summed E-state index contributed by atoms with van der Waals surface area (Å²) in [7, 11) is 0. The Hall–Kier alpha value is -3.27. The summed E-state index contributed by atoms with van der Waals surface area (Å²) in [6.07, 6.45) is 8.72. The molecular weight excluding hydrogens is 344 g/mol. The molecule has 27 heavy (non-hydrogen) atoms. The molecule has 7 heteroatoms. The van der Waals surface area contributed by atoms with E-state index in [0.717, 1.165) is 11.1 Å². The third-order valence-corrected chi connectivity index (χ3v) is 4.37. The number of carbonyl (C=O) groups excluding carboxylic acids is 2. The molecule has 2 N–H and O–H groups in total. The monoisotopic (exact) mass is 366 g/mol. The Bertz CT molecular complexity index is 883. The number of carbonyl (C=O) groups is 2. The smallest absolute Gasteiger partial charge is 0.407 e. The van der Waals surface area contributed by atoms with E-state index in [1.807, 2.05) is 18.2 Å².